The Labute approximate surface area is 167 Å². The van der Waals surface area contributed by atoms with E-state index in [-0.39, 0.29) is 0 Å². The molecule has 0 N–H and O–H groups in total. The van der Waals surface area contributed by atoms with E-state index in [2.05, 4.69) is 63.8 Å². The maximum atomic E-state index is 6.14. The van der Waals surface area contributed by atoms with Gasteiger partial charge in [-0.15, -0.1) is 16.8 Å². The molecule has 0 spiro atoms. The molecule has 5 heteroatoms. The van der Waals surface area contributed by atoms with Crippen molar-refractivity contribution in [2.24, 2.45) is 0 Å². The van der Waals surface area contributed by atoms with Crippen LogP contribution in [0.5, 0.6) is 0 Å². The zero-order chi connectivity index (χ0) is 18.6. The second kappa shape index (κ2) is 7.99. The molecule has 0 unspecified atom stereocenters. The van der Waals surface area contributed by atoms with Crippen molar-refractivity contribution in [1.29, 1.82) is 0 Å². The normalized spacial score (nSPS) is 11.0. The zero-order valence-corrected chi connectivity index (χ0v) is 16.2. The summed E-state index contributed by atoms with van der Waals surface area (Å²) in [6, 6.07) is 22.5. The van der Waals surface area contributed by atoms with Crippen molar-refractivity contribution in [3.05, 3.63) is 90.0 Å². The Morgan fingerprint density at radius 2 is 1.81 bits per heavy atom. The second-order valence-electron chi connectivity index (χ2n) is 6.14. The van der Waals surface area contributed by atoms with E-state index < -0.39 is 0 Å². The Morgan fingerprint density at radius 1 is 1.00 bits per heavy atom. The monoisotopic (exact) mass is 391 g/mol. The summed E-state index contributed by atoms with van der Waals surface area (Å²) in [4.78, 5) is 0. The lowest BCUT2D eigenvalue weighted by Crippen LogP contribution is -2.00. The molecule has 1 aromatic heterocycles. The first-order valence-corrected chi connectivity index (χ1v) is 10.0. The molecule has 4 rings (SSSR count). The number of aromatic nitrogens is 3. The van der Waals surface area contributed by atoms with E-state index in [1.165, 1.54) is 16.3 Å². The number of thioether (sulfide) groups is 1. The molecular formula is C22H18ClN3S. The van der Waals surface area contributed by atoms with Gasteiger partial charge in [0.2, 0.25) is 0 Å². The molecule has 0 fully saturated rings. The first-order valence-electron chi connectivity index (χ1n) is 8.66. The fourth-order valence-electron chi connectivity index (χ4n) is 3.09. The molecule has 3 aromatic carbocycles. The molecule has 3 nitrogen and oxygen atoms in total. The Bertz CT molecular complexity index is 1100. The number of nitrogens with zero attached hydrogens (tertiary/aromatic N) is 3. The van der Waals surface area contributed by atoms with Gasteiger partial charge in [-0.1, -0.05) is 84.0 Å². The topological polar surface area (TPSA) is 30.7 Å². The van der Waals surface area contributed by atoms with Crippen molar-refractivity contribution in [2.75, 3.05) is 0 Å². The molecule has 0 bridgehead atoms. The minimum Gasteiger partial charge on any atom is -0.298 e. The van der Waals surface area contributed by atoms with Crippen molar-refractivity contribution in [3.8, 4) is 11.4 Å². The third-order valence-corrected chi connectivity index (χ3v) is 5.60. The van der Waals surface area contributed by atoms with E-state index in [9.17, 15) is 0 Å². The van der Waals surface area contributed by atoms with Gasteiger partial charge in [-0.25, -0.2) is 0 Å². The first kappa shape index (κ1) is 17.8. The van der Waals surface area contributed by atoms with Gasteiger partial charge in [-0.05, 0) is 28.5 Å². The molecule has 0 amide bonds. The molecule has 0 saturated heterocycles. The summed E-state index contributed by atoms with van der Waals surface area (Å²) in [6.45, 7) is 4.52. The van der Waals surface area contributed by atoms with E-state index in [0.717, 1.165) is 22.3 Å². The van der Waals surface area contributed by atoms with Crippen molar-refractivity contribution in [2.45, 2.75) is 17.5 Å². The number of allylic oxidation sites excluding steroid dienone is 1. The maximum absolute atomic E-state index is 6.14. The molecule has 0 radical (unpaired) electrons. The standard InChI is InChI=1S/C22H18ClN3S/c1-2-13-26-21(17-9-6-11-19(23)14-17)24-25-22(26)27-15-18-10-5-8-16-7-3-4-12-20(16)18/h2-12,14H,1,13,15H2. The summed E-state index contributed by atoms with van der Waals surface area (Å²) in [5.74, 6) is 1.63. The molecule has 134 valence electrons. The predicted molar refractivity (Wildman–Crippen MR) is 114 cm³/mol. The number of fused-ring (bicyclic) bond motifs is 1. The summed E-state index contributed by atoms with van der Waals surface area (Å²) in [6.07, 6.45) is 1.86. The number of hydrogen-bond acceptors (Lipinski definition) is 3. The van der Waals surface area contributed by atoms with Gasteiger partial charge in [-0.2, -0.15) is 0 Å². The molecule has 27 heavy (non-hydrogen) atoms. The van der Waals surface area contributed by atoms with Crippen LogP contribution < -0.4 is 0 Å². The number of halogens is 1. The highest BCUT2D eigenvalue weighted by Gasteiger charge is 2.14. The number of rotatable bonds is 6. The van der Waals surface area contributed by atoms with E-state index >= 15 is 0 Å². The van der Waals surface area contributed by atoms with Crippen LogP contribution in [0.4, 0.5) is 0 Å². The fraction of sp³-hybridized carbons (Fsp3) is 0.0909. The maximum Gasteiger partial charge on any atom is 0.192 e. The SMILES string of the molecule is C=CCn1c(SCc2cccc3ccccc23)nnc1-c1cccc(Cl)c1. The first-order chi connectivity index (χ1) is 13.3. The molecule has 0 atom stereocenters. The van der Waals surface area contributed by atoms with Crippen LogP contribution in [0.1, 0.15) is 5.56 Å². The molecule has 4 aromatic rings. The second-order valence-corrected chi connectivity index (χ2v) is 7.52. The molecule has 0 aliphatic carbocycles. The smallest absolute Gasteiger partial charge is 0.192 e. The highest BCUT2D eigenvalue weighted by molar-refractivity contribution is 7.98. The Kier molecular flexibility index (Phi) is 5.28. The summed E-state index contributed by atoms with van der Waals surface area (Å²) in [5, 5.41) is 12.9. The highest BCUT2D eigenvalue weighted by Crippen LogP contribution is 2.29. The van der Waals surface area contributed by atoms with Gasteiger partial charge < -0.3 is 0 Å². The van der Waals surface area contributed by atoms with Gasteiger partial charge in [0.25, 0.3) is 0 Å². The zero-order valence-electron chi connectivity index (χ0n) is 14.7. The molecular weight excluding hydrogens is 374 g/mol. The molecule has 0 aliphatic rings. The summed E-state index contributed by atoms with van der Waals surface area (Å²) in [5.41, 5.74) is 2.24. The average molecular weight is 392 g/mol. The number of hydrogen-bond donors (Lipinski definition) is 0. The van der Waals surface area contributed by atoms with Gasteiger partial charge >= 0.3 is 0 Å². The van der Waals surface area contributed by atoms with E-state index in [1.54, 1.807) is 11.8 Å². The van der Waals surface area contributed by atoms with Crippen LogP contribution in [0.3, 0.4) is 0 Å². The Hall–Kier alpha value is -2.56. The van der Waals surface area contributed by atoms with Crippen molar-refractivity contribution in [3.63, 3.8) is 0 Å². The van der Waals surface area contributed by atoms with Crippen LogP contribution in [0.25, 0.3) is 22.2 Å². The largest absolute Gasteiger partial charge is 0.298 e. The van der Waals surface area contributed by atoms with E-state index in [0.29, 0.717) is 11.6 Å². The van der Waals surface area contributed by atoms with Crippen molar-refractivity contribution in [1.82, 2.24) is 14.8 Å². The predicted octanol–water partition coefficient (Wildman–Crippen LogP) is 6.23. The summed E-state index contributed by atoms with van der Waals surface area (Å²) < 4.78 is 2.08. The lowest BCUT2D eigenvalue weighted by Gasteiger charge is -2.09. The lowest BCUT2D eigenvalue weighted by atomic mass is 10.1. The minimum atomic E-state index is 0.646. The minimum absolute atomic E-state index is 0.646. The third kappa shape index (κ3) is 3.77. The van der Waals surface area contributed by atoms with Crippen LogP contribution >= 0.6 is 23.4 Å². The molecule has 1 heterocycles. The van der Waals surface area contributed by atoms with E-state index in [1.807, 2.05) is 30.3 Å². The average Bonchev–Trinajstić information content (AvgIpc) is 3.09. The lowest BCUT2D eigenvalue weighted by molar-refractivity contribution is 0.731. The van der Waals surface area contributed by atoms with Crippen LogP contribution in [0.15, 0.2) is 84.5 Å². The van der Waals surface area contributed by atoms with Crippen LogP contribution in [-0.2, 0) is 12.3 Å². The van der Waals surface area contributed by atoms with Crippen LogP contribution in [0, 0.1) is 0 Å². The van der Waals surface area contributed by atoms with Crippen LogP contribution in [0.2, 0.25) is 5.02 Å². The number of benzene rings is 3. The van der Waals surface area contributed by atoms with Gasteiger partial charge in [0.1, 0.15) is 0 Å². The quantitative estimate of drug-likeness (QED) is 0.288. The van der Waals surface area contributed by atoms with Gasteiger partial charge in [-0.3, -0.25) is 4.57 Å². The van der Waals surface area contributed by atoms with Gasteiger partial charge in [0.05, 0.1) is 0 Å². The fourth-order valence-corrected chi connectivity index (χ4v) is 4.23. The molecule has 0 aliphatic heterocycles. The Morgan fingerprint density at radius 3 is 2.67 bits per heavy atom. The molecule has 0 saturated carbocycles. The van der Waals surface area contributed by atoms with Crippen molar-refractivity contribution >= 4 is 34.1 Å². The van der Waals surface area contributed by atoms with Crippen LogP contribution in [-0.4, -0.2) is 14.8 Å². The summed E-state index contributed by atoms with van der Waals surface area (Å²) in [7, 11) is 0. The van der Waals surface area contributed by atoms with E-state index in [4.69, 9.17) is 11.6 Å². The summed E-state index contributed by atoms with van der Waals surface area (Å²) >= 11 is 7.83. The van der Waals surface area contributed by atoms with Gasteiger partial charge in [0.15, 0.2) is 11.0 Å². The third-order valence-electron chi connectivity index (χ3n) is 4.35. The van der Waals surface area contributed by atoms with Gasteiger partial charge in [0, 0.05) is 22.9 Å². The highest BCUT2D eigenvalue weighted by atomic mass is 35.5. The Balaban J connectivity index is 1.65. The van der Waals surface area contributed by atoms with Crippen molar-refractivity contribution < 1.29 is 0 Å².